The number of carbonyl (C=O) groups is 3. The maximum Gasteiger partial charge on any atom is 0.410 e. The zero-order chi connectivity index (χ0) is 49.0. The number of nitrogens with one attached hydrogen (secondary N) is 2. The number of hydrogen-bond acceptors (Lipinski definition) is 5. The number of nitrogens with zero attached hydrogens (tertiary/aromatic N) is 1. The molecule has 0 aromatic heterocycles. The molecular weight excluding hydrogens is 841 g/mol. The van der Waals surface area contributed by atoms with Crippen molar-refractivity contribution in [3.63, 3.8) is 0 Å². The Morgan fingerprint density at radius 2 is 1.26 bits per heavy atom. The predicted molar refractivity (Wildman–Crippen MR) is 286 cm³/mol. The van der Waals surface area contributed by atoms with Crippen LogP contribution in [0.4, 0.5) is 4.79 Å². The summed E-state index contributed by atoms with van der Waals surface area (Å²) in [5, 5.41) is 6.19. The number of ether oxygens (including phenoxy) is 1. The molecule has 3 amide bonds. The number of unbranched alkanes of at least 4 members (excludes halogenated alkanes) is 20. The predicted octanol–water partition coefficient (Wildman–Crippen LogP) is 15.4. The summed E-state index contributed by atoms with van der Waals surface area (Å²) in [4.78, 5) is 41.3. The fraction of sp³-hybridized carbons (Fsp3) is 0.917. The molecule has 68 heavy (non-hydrogen) atoms. The van der Waals surface area contributed by atoms with Gasteiger partial charge in [-0.05, 0) is 130 Å². The van der Waals surface area contributed by atoms with E-state index in [9.17, 15) is 14.4 Å². The Morgan fingerprint density at radius 3 is 1.90 bits per heavy atom. The molecule has 0 unspecified atom stereocenters. The molecule has 0 saturated heterocycles. The molecule has 4 aliphatic rings. The van der Waals surface area contributed by atoms with Crippen LogP contribution in [0, 0.1) is 46.3 Å². The minimum absolute atomic E-state index is 0.0331. The van der Waals surface area contributed by atoms with Crippen molar-refractivity contribution in [2.24, 2.45) is 52.1 Å². The van der Waals surface area contributed by atoms with E-state index in [0.29, 0.717) is 38.0 Å². The van der Waals surface area contributed by atoms with E-state index in [1.807, 2.05) is 0 Å². The Labute approximate surface area is 419 Å². The van der Waals surface area contributed by atoms with Crippen LogP contribution >= 0.6 is 0 Å². The zero-order valence-electron chi connectivity index (χ0n) is 45.6. The summed E-state index contributed by atoms with van der Waals surface area (Å²) in [6.45, 7) is 17.4. The normalized spacial score (nSPS) is 25.8. The number of hydrogen-bond donors (Lipinski definition) is 3. The fourth-order valence-electron chi connectivity index (χ4n) is 14.0. The molecule has 394 valence electrons. The van der Waals surface area contributed by atoms with Gasteiger partial charge in [0.05, 0.1) is 0 Å². The van der Waals surface area contributed by atoms with E-state index in [4.69, 9.17) is 10.5 Å². The second-order valence-corrected chi connectivity index (χ2v) is 24.0. The number of carbonyl (C=O) groups excluding carboxylic acids is 3. The first kappa shape index (κ1) is 58.5. The summed E-state index contributed by atoms with van der Waals surface area (Å²) in [6.07, 6.45) is 44.0. The van der Waals surface area contributed by atoms with Gasteiger partial charge in [0.1, 0.15) is 12.6 Å². The SMILES string of the molecule is CCCCCCCCCCCCCCCCCC(=O)NCCCCCCN(CC(=O)NCCCCCCN)C(=O)O[C@H]1CC[C@@]2(C)C(=CC[C@H]3[C@@H]4CC[C@H]([C@H](C)CCCC(C)C)[C@@]4(C)CC[C@@H]32)C1. The van der Waals surface area contributed by atoms with Crippen LogP contribution in [0.5, 0.6) is 0 Å². The second-order valence-electron chi connectivity index (χ2n) is 24.0. The second kappa shape index (κ2) is 32.8. The van der Waals surface area contributed by atoms with Gasteiger partial charge in [-0.15, -0.1) is 0 Å². The molecule has 3 saturated carbocycles. The summed E-state index contributed by atoms with van der Waals surface area (Å²) >= 11 is 0. The lowest BCUT2D eigenvalue weighted by molar-refractivity contribution is -0.122. The van der Waals surface area contributed by atoms with Crippen LogP contribution < -0.4 is 16.4 Å². The summed E-state index contributed by atoms with van der Waals surface area (Å²) in [5.74, 6) is 4.90. The molecule has 0 bridgehead atoms. The fourth-order valence-corrected chi connectivity index (χ4v) is 14.0. The summed E-state index contributed by atoms with van der Waals surface area (Å²) < 4.78 is 6.35. The largest absolute Gasteiger partial charge is 0.446 e. The molecule has 0 radical (unpaired) electrons. The summed E-state index contributed by atoms with van der Waals surface area (Å²) in [6, 6.07) is 0. The zero-order valence-corrected chi connectivity index (χ0v) is 45.6. The van der Waals surface area contributed by atoms with Crippen LogP contribution in [0.1, 0.15) is 266 Å². The summed E-state index contributed by atoms with van der Waals surface area (Å²) in [5.41, 5.74) is 7.87. The average molecular weight is 952 g/mol. The molecule has 0 spiro atoms. The van der Waals surface area contributed by atoms with Gasteiger partial charge in [-0.2, -0.15) is 0 Å². The minimum Gasteiger partial charge on any atom is -0.446 e. The first-order chi connectivity index (χ1) is 32.9. The van der Waals surface area contributed by atoms with Gasteiger partial charge in [0.2, 0.25) is 11.8 Å². The minimum atomic E-state index is -0.343. The highest BCUT2D eigenvalue weighted by molar-refractivity contribution is 5.82. The maximum absolute atomic E-state index is 13.9. The standard InChI is InChI=1S/C60H110N4O4/c1-7-8-9-10-11-12-13-14-15-16-17-18-19-20-25-33-56(65)62-43-28-23-24-29-45-64(47-57(66)63-44-27-22-21-26-42-61)58(67)68-51-38-40-59(5)50(46-51)34-35-52-54-37-36-53(49(4)32-30-31-48(2)3)60(54,6)41-39-55(52)59/h34,48-49,51-55H,7-33,35-47,61H2,1-6H3,(H,62,65)(H,63,66)/t49-,51+,52+,53-,54+,55+,59+,60-/m1/s1. The Balaban J connectivity index is 1.15. The summed E-state index contributed by atoms with van der Waals surface area (Å²) in [7, 11) is 0. The Morgan fingerprint density at radius 1 is 0.676 bits per heavy atom. The van der Waals surface area contributed by atoms with Gasteiger partial charge in [0.25, 0.3) is 0 Å². The number of rotatable bonds is 37. The van der Waals surface area contributed by atoms with Crippen LogP contribution in [0.2, 0.25) is 0 Å². The molecule has 0 aromatic rings. The lowest BCUT2D eigenvalue weighted by Gasteiger charge is -2.58. The van der Waals surface area contributed by atoms with Gasteiger partial charge in [-0.1, -0.05) is 188 Å². The van der Waals surface area contributed by atoms with Crippen molar-refractivity contribution in [1.82, 2.24) is 15.5 Å². The first-order valence-corrected chi connectivity index (χ1v) is 29.8. The quantitative estimate of drug-likeness (QED) is 0.0424. The molecule has 8 heteroatoms. The Bertz CT molecular complexity index is 1430. The highest BCUT2D eigenvalue weighted by Crippen LogP contribution is 2.67. The van der Waals surface area contributed by atoms with Crippen LogP contribution in [0.3, 0.4) is 0 Å². The van der Waals surface area contributed by atoms with E-state index in [2.05, 4.69) is 58.3 Å². The van der Waals surface area contributed by atoms with E-state index in [0.717, 1.165) is 119 Å². The van der Waals surface area contributed by atoms with Crippen LogP contribution in [0.25, 0.3) is 0 Å². The Kier molecular flexibility index (Phi) is 28.2. The van der Waals surface area contributed by atoms with Crippen LogP contribution in [0.15, 0.2) is 11.6 Å². The van der Waals surface area contributed by atoms with Gasteiger partial charge in [0, 0.05) is 32.5 Å². The molecule has 0 aromatic carbocycles. The van der Waals surface area contributed by atoms with Crippen LogP contribution in [-0.4, -0.2) is 61.6 Å². The molecule has 0 heterocycles. The van der Waals surface area contributed by atoms with Crippen molar-refractivity contribution >= 4 is 17.9 Å². The van der Waals surface area contributed by atoms with E-state index in [1.165, 1.54) is 140 Å². The van der Waals surface area contributed by atoms with Crippen LogP contribution in [-0.2, 0) is 14.3 Å². The van der Waals surface area contributed by atoms with Crippen molar-refractivity contribution in [2.75, 3.05) is 32.7 Å². The molecule has 4 rings (SSSR count). The Hall–Kier alpha value is -2.09. The van der Waals surface area contributed by atoms with E-state index in [1.54, 1.807) is 4.90 Å². The topological polar surface area (TPSA) is 114 Å². The van der Waals surface area contributed by atoms with Gasteiger partial charge >= 0.3 is 6.09 Å². The van der Waals surface area contributed by atoms with Gasteiger partial charge in [-0.25, -0.2) is 4.79 Å². The molecule has 4 aliphatic carbocycles. The third-order valence-electron chi connectivity index (χ3n) is 18.3. The maximum atomic E-state index is 13.9. The van der Waals surface area contributed by atoms with Gasteiger partial charge in [0.15, 0.2) is 0 Å². The van der Waals surface area contributed by atoms with Crippen molar-refractivity contribution in [1.29, 1.82) is 0 Å². The van der Waals surface area contributed by atoms with E-state index < -0.39 is 0 Å². The first-order valence-electron chi connectivity index (χ1n) is 29.8. The number of fused-ring (bicyclic) bond motifs is 5. The monoisotopic (exact) mass is 951 g/mol. The molecular formula is C60H110N4O4. The van der Waals surface area contributed by atoms with Crippen molar-refractivity contribution in [3.8, 4) is 0 Å². The highest BCUT2D eigenvalue weighted by Gasteiger charge is 2.59. The van der Waals surface area contributed by atoms with Crippen molar-refractivity contribution in [3.05, 3.63) is 11.6 Å². The third-order valence-corrected chi connectivity index (χ3v) is 18.3. The number of amides is 3. The smallest absolute Gasteiger partial charge is 0.410 e. The third kappa shape index (κ3) is 19.8. The molecule has 8 nitrogen and oxygen atoms in total. The van der Waals surface area contributed by atoms with Gasteiger partial charge in [-0.3, -0.25) is 14.5 Å². The molecule has 4 N–H and O–H groups in total. The van der Waals surface area contributed by atoms with Crippen molar-refractivity contribution in [2.45, 2.75) is 272 Å². The lowest BCUT2D eigenvalue weighted by Crippen LogP contribution is -2.51. The molecule has 3 fully saturated rings. The number of nitrogens with two attached hydrogens (primary N) is 1. The molecule has 0 aliphatic heterocycles. The number of allylic oxidation sites excluding steroid dienone is 1. The van der Waals surface area contributed by atoms with Crippen molar-refractivity contribution < 1.29 is 19.1 Å². The van der Waals surface area contributed by atoms with E-state index >= 15 is 0 Å². The molecule has 8 atom stereocenters. The van der Waals surface area contributed by atoms with Gasteiger partial charge < -0.3 is 21.1 Å². The van der Waals surface area contributed by atoms with E-state index in [-0.39, 0.29) is 36.0 Å². The lowest BCUT2D eigenvalue weighted by atomic mass is 9.47. The average Bonchev–Trinajstić information content (AvgIpc) is 3.68. The highest BCUT2D eigenvalue weighted by atomic mass is 16.6.